The van der Waals surface area contributed by atoms with E-state index in [9.17, 15) is 0 Å². The van der Waals surface area contributed by atoms with Gasteiger partial charge in [0.15, 0.2) is 0 Å². The zero-order chi connectivity index (χ0) is 0. The molecular formula is Nb2Ni2O11Ti2. The molecule has 0 unspecified atom stereocenters. The van der Waals surface area contributed by atoms with E-state index in [2.05, 4.69) is 0 Å². The van der Waals surface area contributed by atoms with Crippen LogP contribution in [0.2, 0.25) is 0 Å². The second-order valence-electron chi connectivity index (χ2n) is 0. The molecule has 0 aliphatic heterocycles. The Kier molecular flexibility index (Phi) is 21200. The van der Waals surface area contributed by atoms with Gasteiger partial charge < -0.3 is 60.2 Å². The maximum absolute atomic E-state index is 0. The third-order valence-electron chi connectivity index (χ3n) is 0. The smallest absolute Gasteiger partial charge is 2.00 e. The van der Waals surface area contributed by atoms with Crippen molar-refractivity contribution < 1.29 is 181 Å². The van der Waals surface area contributed by atoms with E-state index in [4.69, 9.17) is 0 Å². The largest absolute Gasteiger partial charge is 5.00 e. The monoisotopic (exact) mass is 574 g/mol. The van der Waals surface area contributed by atoms with Crippen molar-refractivity contribution in [3.8, 4) is 0 Å². The van der Waals surface area contributed by atoms with Crippen LogP contribution >= 0.6 is 0 Å². The van der Waals surface area contributed by atoms with E-state index >= 15 is 0 Å². The molecule has 0 aromatic carbocycles. The quantitative estimate of drug-likeness (QED) is 0.304. The molecule has 0 heterocycles. The van der Waals surface area contributed by atoms with Crippen molar-refractivity contribution in [2.75, 3.05) is 0 Å². The Morgan fingerprint density at radius 1 is 0.235 bits per heavy atom. The van der Waals surface area contributed by atoms with Gasteiger partial charge in [-0.1, -0.05) is 0 Å². The summed E-state index contributed by atoms with van der Waals surface area (Å²) in [5, 5.41) is 0. The zero-order valence-corrected chi connectivity index (χ0v) is 16.5. The summed E-state index contributed by atoms with van der Waals surface area (Å²) in [6.45, 7) is 0. The van der Waals surface area contributed by atoms with E-state index in [1.165, 1.54) is 0 Å². The van der Waals surface area contributed by atoms with Crippen LogP contribution in [-0.2, 0) is 181 Å². The molecule has 17 heteroatoms. The molecule has 0 aliphatic rings. The summed E-state index contributed by atoms with van der Waals surface area (Å²) < 4.78 is 0. The summed E-state index contributed by atoms with van der Waals surface area (Å²) in [6.07, 6.45) is 0. The summed E-state index contributed by atoms with van der Waals surface area (Å²) >= 11 is 0. The van der Waals surface area contributed by atoms with E-state index in [-0.39, 0.29) is 181 Å². The third kappa shape index (κ3) is 496. The fourth-order valence-corrected chi connectivity index (χ4v) is 0. The van der Waals surface area contributed by atoms with E-state index < -0.39 is 0 Å². The Balaban J connectivity index is 0. The Morgan fingerprint density at radius 2 is 0.235 bits per heavy atom. The van der Waals surface area contributed by atoms with E-state index in [1.807, 2.05) is 0 Å². The Morgan fingerprint density at radius 3 is 0.235 bits per heavy atom. The van der Waals surface area contributed by atoms with Crippen LogP contribution in [0, 0.1) is 0 Å². The van der Waals surface area contributed by atoms with Crippen LogP contribution in [0.5, 0.6) is 0 Å². The van der Waals surface area contributed by atoms with Gasteiger partial charge in [0.2, 0.25) is 0 Å². The van der Waals surface area contributed by atoms with Gasteiger partial charge in [0.1, 0.15) is 0 Å². The maximum Gasteiger partial charge on any atom is 5.00 e. The fourth-order valence-electron chi connectivity index (χ4n) is 0. The van der Waals surface area contributed by atoms with Crippen LogP contribution < -0.4 is 0 Å². The normalized spacial score (nSPS) is 0. The van der Waals surface area contributed by atoms with Gasteiger partial charge in [0, 0.05) is 0 Å². The molecule has 0 spiro atoms. The van der Waals surface area contributed by atoms with Gasteiger partial charge in [-0.3, -0.25) is 0 Å². The maximum atomic E-state index is 0. The van der Waals surface area contributed by atoms with Crippen LogP contribution in [0.3, 0.4) is 0 Å². The van der Waals surface area contributed by atoms with E-state index in [1.54, 1.807) is 0 Å². The van der Waals surface area contributed by atoms with Crippen molar-refractivity contribution in [2.24, 2.45) is 0 Å². The number of hydrogen-bond acceptors (Lipinski definition) is 0. The second-order valence-corrected chi connectivity index (χ2v) is 0. The predicted octanol–water partition coefficient (Wildman–Crippen LogP) is -1.32. The Bertz CT molecular complexity index is 25.4. The van der Waals surface area contributed by atoms with Crippen LogP contribution in [0.15, 0.2) is 0 Å². The summed E-state index contributed by atoms with van der Waals surface area (Å²) in [5.74, 6) is 0. The van der Waals surface area contributed by atoms with Crippen LogP contribution in [0.4, 0.5) is 0 Å². The molecular weight excluding hydrogens is 575 g/mol. The molecule has 0 saturated carbocycles. The Labute approximate surface area is 179 Å². The van der Waals surface area contributed by atoms with Crippen LogP contribution in [-0.4, -0.2) is 0 Å². The molecule has 0 aliphatic carbocycles. The molecule has 0 amide bonds. The van der Waals surface area contributed by atoms with Gasteiger partial charge in [-0.15, -0.1) is 0 Å². The Hall–Kier alpha value is 3.46. The van der Waals surface area contributed by atoms with Gasteiger partial charge in [0.25, 0.3) is 0 Å². The van der Waals surface area contributed by atoms with Crippen molar-refractivity contribution in [1.29, 1.82) is 0 Å². The second kappa shape index (κ2) is 555. The molecule has 0 rings (SSSR count). The van der Waals surface area contributed by atoms with Crippen molar-refractivity contribution in [3.05, 3.63) is 0 Å². The minimum atomic E-state index is 0. The topological polar surface area (TPSA) is 314 Å². The minimum Gasteiger partial charge on any atom is -2.00 e. The first-order chi connectivity index (χ1) is 0. The summed E-state index contributed by atoms with van der Waals surface area (Å²) in [5.41, 5.74) is 0. The average Bonchev–Trinajstić information content (AvgIpc) is 0. The fraction of sp³-hybridized carbons (Fsp3) is 0. The molecule has 0 atom stereocenters. The SMILES string of the molecule is [Nb+5].[Nb+5].[Ni+2].[Ni+2].[O-2].[O-2].[O-2].[O-2].[O-2].[O-2].[O-2].[O-2].[O-2].[O-2].[O-2].[Ti+4].[Ti+4]. The molecule has 11 nitrogen and oxygen atoms in total. The van der Waals surface area contributed by atoms with E-state index in [0.717, 1.165) is 0 Å². The molecule has 104 valence electrons. The van der Waals surface area contributed by atoms with Crippen molar-refractivity contribution in [2.45, 2.75) is 0 Å². The number of rotatable bonds is 0. The molecule has 0 aromatic heterocycles. The van der Waals surface area contributed by atoms with Crippen LogP contribution in [0.1, 0.15) is 0 Å². The molecule has 0 radical (unpaired) electrons. The first kappa shape index (κ1) is 648. The van der Waals surface area contributed by atoms with Gasteiger partial charge >= 0.3 is 121 Å². The van der Waals surface area contributed by atoms with Gasteiger partial charge in [-0.05, 0) is 0 Å². The molecule has 0 fully saturated rings. The summed E-state index contributed by atoms with van der Waals surface area (Å²) in [6, 6.07) is 0. The molecule has 17 heavy (non-hydrogen) atoms. The predicted molar refractivity (Wildman–Crippen MR) is 7.55 cm³/mol. The first-order valence-electron chi connectivity index (χ1n) is 0. The van der Waals surface area contributed by atoms with Crippen LogP contribution in [0.25, 0.3) is 0 Å². The average molecular weight is 575 g/mol. The number of hydrogen-bond donors (Lipinski definition) is 0. The first-order valence-corrected chi connectivity index (χ1v) is 0. The van der Waals surface area contributed by atoms with Gasteiger partial charge in [-0.2, -0.15) is 0 Å². The van der Waals surface area contributed by atoms with Gasteiger partial charge in [0.05, 0.1) is 0 Å². The standard InChI is InChI=1S/2Nb.2Ni.11O.2Ti/q2*+5;2*+2;11*-2;2*+4. The van der Waals surface area contributed by atoms with Crippen molar-refractivity contribution >= 4 is 0 Å². The van der Waals surface area contributed by atoms with Crippen molar-refractivity contribution in [1.82, 2.24) is 0 Å². The molecule has 0 N–H and O–H groups in total. The van der Waals surface area contributed by atoms with Gasteiger partial charge in [-0.25, -0.2) is 0 Å². The summed E-state index contributed by atoms with van der Waals surface area (Å²) in [7, 11) is 0. The zero-order valence-electron chi connectivity index (χ0n) is 7.02. The third-order valence-corrected chi connectivity index (χ3v) is 0. The summed E-state index contributed by atoms with van der Waals surface area (Å²) in [4.78, 5) is 0. The molecule has 0 bridgehead atoms. The van der Waals surface area contributed by atoms with E-state index in [0.29, 0.717) is 0 Å². The molecule has 0 aromatic rings. The molecule has 0 saturated heterocycles. The van der Waals surface area contributed by atoms with Crippen molar-refractivity contribution in [3.63, 3.8) is 0 Å². The minimum absolute atomic E-state index is 0.